The van der Waals surface area contributed by atoms with Crippen LogP contribution in [0.3, 0.4) is 0 Å². The number of hydrogen-bond acceptors (Lipinski definition) is 4. The molecule has 1 rings (SSSR count). The molecule has 0 unspecified atom stereocenters. The summed E-state index contributed by atoms with van der Waals surface area (Å²) in [6, 6.07) is 8.74. The number of nitrogens with one attached hydrogen (secondary N) is 1. The van der Waals surface area contributed by atoms with Crippen LogP contribution in [0.25, 0.3) is 0 Å². The summed E-state index contributed by atoms with van der Waals surface area (Å²) < 4.78 is 9.93. The molecule has 0 aliphatic rings. The number of carbonyl (C=O) groups is 1. The van der Waals surface area contributed by atoms with Crippen molar-refractivity contribution in [1.29, 1.82) is 5.41 Å². The van der Waals surface area contributed by atoms with Gasteiger partial charge in [0.1, 0.15) is 5.75 Å². The lowest BCUT2D eigenvalue weighted by molar-refractivity contribution is -0.136. The normalized spacial score (nSPS) is 9.71. The highest BCUT2D eigenvalue weighted by Crippen LogP contribution is 2.08. The van der Waals surface area contributed by atoms with Crippen LogP contribution in [-0.4, -0.2) is 18.5 Å². The Labute approximate surface area is 101 Å². The Balaban J connectivity index is 2.30. The zero-order valence-corrected chi connectivity index (χ0v) is 9.94. The van der Waals surface area contributed by atoms with Crippen LogP contribution in [0.15, 0.2) is 30.3 Å². The molecule has 17 heavy (non-hydrogen) atoms. The van der Waals surface area contributed by atoms with Gasteiger partial charge in [0.25, 0.3) is 5.90 Å². The molecule has 0 aliphatic carbocycles. The molecule has 0 saturated heterocycles. The minimum absolute atomic E-state index is 0.340. The van der Waals surface area contributed by atoms with E-state index in [4.69, 9.17) is 14.9 Å². The van der Waals surface area contributed by atoms with Crippen molar-refractivity contribution in [3.05, 3.63) is 30.3 Å². The third-order valence-corrected chi connectivity index (χ3v) is 2.13. The van der Waals surface area contributed by atoms with Crippen molar-refractivity contribution in [2.45, 2.75) is 26.2 Å². The van der Waals surface area contributed by atoms with Gasteiger partial charge in [0.2, 0.25) is 0 Å². The molecule has 0 saturated carbocycles. The van der Waals surface area contributed by atoms with E-state index in [9.17, 15) is 4.79 Å². The molecule has 1 aromatic rings. The Morgan fingerprint density at radius 1 is 1.24 bits per heavy atom. The van der Waals surface area contributed by atoms with Gasteiger partial charge in [-0.05, 0) is 18.6 Å². The number of rotatable bonds is 5. The number of ether oxygens (including phenoxy) is 2. The fourth-order valence-corrected chi connectivity index (χ4v) is 1.23. The number of para-hydroxylation sites is 1. The van der Waals surface area contributed by atoms with Crippen LogP contribution in [0.1, 0.15) is 26.2 Å². The largest absolute Gasteiger partial charge is 0.459 e. The molecule has 1 N–H and O–H groups in total. The quantitative estimate of drug-likeness (QED) is 0.369. The van der Waals surface area contributed by atoms with Crippen molar-refractivity contribution in [2.24, 2.45) is 0 Å². The maximum Gasteiger partial charge on any atom is 0.394 e. The number of benzene rings is 1. The van der Waals surface area contributed by atoms with Gasteiger partial charge in [-0.1, -0.05) is 38.0 Å². The SMILES string of the molecule is CCCCCOC(=O)C(=N)Oc1ccccc1. The van der Waals surface area contributed by atoms with Gasteiger partial charge in [-0.2, -0.15) is 0 Å². The van der Waals surface area contributed by atoms with Gasteiger partial charge in [0.05, 0.1) is 6.61 Å². The Kier molecular flexibility index (Phi) is 5.79. The predicted octanol–water partition coefficient (Wildman–Crippen LogP) is 2.78. The first-order valence-electron chi connectivity index (χ1n) is 5.72. The number of unbranched alkanes of at least 4 members (excludes halogenated alkanes) is 2. The minimum Gasteiger partial charge on any atom is -0.459 e. The lowest BCUT2D eigenvalue weighted by Crippen LogP contribution is -2.22. The van der Waals surface area contributed by atoms with E-state index in [1.54, 1.807) is 24.3 Å². The summed E-state index contributed by atoms with van der Waals surface area (Å²) in [6.45, 7) is 2.41. The lowest BCUT2D eigenvalue weighted by atomic mass is 10.3. The molecule has 0 spiro atoms. The second kappa shape index (κ2) is 7.44. The number of carbonyl (C=O) groups excluding carboxylic acids is 1. The van der Waals surface area contributed by atoms with E-state index >= 15 is 0 Å². The summed E-state index contributed by atoms with van der Waals surface area (Å²) >= 11 is 0. The first kappa shape index (κ1) is 13.2. The Morgan fingerprint density at radius 2 is 1.94 bits per heavy atom. The molecule has 0 radical (unpaired) electrons. The van der Waals surface area contributed by atoms with E-state index in [2.05, 4.69) is 6.92 Å². The third kappa shape index (κ3) is 5.15. The fourth-order valence-electron chi connectivity index (χ4n) is 1.23. The van der Waals surface area contributed by atoms with Crippen molar-refractivity contribution < 1.29 is 14.3 Å². The smallest absolute Gasteiger partial charge is 0.394 e. The standard InChI is InChI=1S/C13H17NO3/c1-2-3-7-10-16-13(15)12(14)17-11-8-5-4-6-9-11/h4-6,8-9,14H,2-3,7,10H2,1H3. The highest BCUT2D eigenvalue weighted by atomic mass is 16.6. The summed E-state index contributed by atoms with van der Waals surface area (Å²) in [7, 11) is 0. The summed E-state index contributed by atoms with van der Waals surface area (Å²) in [5.41, 5.74) is 0. The maximum absolute atomic E-state index is 11.3. The van der Waals surface area contributed by atoms with Gasteiger partial charge >= 0.3 is 5.97 Å². The van der Waals surface area contributed by atoms with E-state index < -0.39 is 11.9 Å². The second-order valence-corrected chi connectivity index (χ2v) is 3.59. The van der Waals surface area contributed by atoms with E-state index in [1.165, 1.54) is 0 Å². The van der Waals surface area contributed by atoms with Crippen LogP contribution in [0.5, 0.6) is 5.75 Å². The van der Waals surface area contributed by atoms with Crippen molar-refractivity contribution in [3.8, 4) is 5.75 Å². The second-order valence-electron chi connectivity index (χ2n) is 3.59. The lowest BCUT2D eigenvalue weighted by Gasteiger charge is -2.06. The van der Waals surface area contributed by atoms with Crippen LogP contribution in [0.4, 0.5) is 0 Å². The zero-order valence-electron chi connectivity index (χ0n) is 9.94. The zero-order chi connectivity index (χ0) is 12.5. The molecular weight excluding hydrogens is 218 g/mol. The molecule has 0 atom stereocenters. The van der Waals surface area contributed by atoms with Crippen LogP contribution < -0.4 is 4.74 Å². The summed E-state index contributed by atoms with van der Waals surface area (Å²) in [6.07, 6.45) is 2.90. The molecule has 0 aliphatic heterocycles. The summed E-state index contributed by atoms with van der Waals surface area (Å²) in [4.78, 5) is 11.3. The first-order chi connectivity index (χ1) is 8.24. The monoisotopic (exact) mass is 235 g/mol. The molecule has 0 bridgehead atoms. The van der Waals surface area contributed by atoms with Gasteiger partial charge in [-0.25, -0.2) is 4.79 Å². The summed E-state index contributed by atoms with van der Waals surface area (Å²) in [5, 5.41) is 7.42. The highest BCUT2D eigenvalue weighted by molar-refractivity contribution is 6.31. The van der Waals surface area contributed by atoms with Crippen LogP contribution in [0, 0.1) is 5.41 Å². The third-order valence-electron chi connectivity index (χ3n) is 2.13. The van der Waals surface area contributed by atoms with Gasteiger partial charge in [-0.15, -0.1) is 0 Å². The average molecular weight is 235 g/mol. The molecule has 0 fully saturated rings. The molecule has 1 aromatic carbocycles. The minimum atomic E-state index is -0.718. The Bertz CT molecular complexity index is 362. The first-order valence-corrected chi connectivity index (χ1v) is 5.72. The van der Waals surface area contributed by atoms with Crippen molar-refractivity contribution in [3.63, 3.8) is 0 Å². The predicted molar refractivity (Wildman–Crippen MR) is 65.3 cm³/mol. The number of hydrogen-bond donors (Lipinski definition) is 1. The molecule has 4 nitrogen and oxygen atoms in total. The van der Waals surface area contributed by atoms with Crippen LogP contribution in [0.2, 0.25) is 0 Å². The Hall–Kier alpha value is -1.84. The van der Waals surface area contributed by atoms with Crippen molar-refractivity contribution >= 4 is 11.9 Å². The molecule has 92 valence electrons. The number of esters is 1. The molecule has 0 aromatic heterocycles. The van der Waals surface area contributed by atoms with Crippen molar-refractivity contribution in [1.82, 2.24) is 0 Å². The average Bonchev–Trinajstić information content (AvgIpc) is 2.35. The van der Waals surface area contributed by atoms with Gasteiger partial charge in [0.15, 0.2) is 0 Å². The molecule has 0 heterocycles. The highest BCUT2D eigenvalue weighted by Gasteiger charge is 2.13. The summed E-state index contributed by atoms with van der Waals surface area (Å²) in [5.74, 6) is -0.735. The van der Waals surface area contributed by atoms with Gasteiger partial charge in [-0.3, -0.25) is 5.41 Å². The topological polar surface area (TPSA) is 59.4 Å². The van der Waals surface area contributed by atoms with Crippen LogP contribution >= 0.6 is 0 Å². The Morgan fingerprint density at radius 3 is 2.59 bits per heavy atom. The van der Waals surface area contributed by atoms with Gasteiger partial charge < -0.3 is 9.47 Å². The maximum atomic E-state index is 11.3. The fraction of sp³-hybridized carbons (Fsp3) is 0.385. The van der Waals surface area contributed by atoms with Crippen molar-refractivity contribution in [2.75, 3.05) is 6.61 Å². The molecular formula is C13H17NO3. The van der Waals surface area contributed by atoms with E-state index in [0.717, 1.165) is 19.3 Å². The van der Waals surface area contributed by atoms with E-state index in [1.807, 2.05) is 6.07 Å². The van der Waals surface area contributed by atoms with Gasteiger partial charge in [0, 0.05) is 0 Å². The van der Waals surface area contributed by atoms with E-state index in [-0.39, 0.29) is 0 Å². The molecule has 4 heteroatoms. The molecule has 0 amide bonds. The van der Waals surface area contributed by atoms with Crippen LogP contribution in [-0.2, 0) is 9.53 Å². The van der Waals surface area contributed by atoms with E-state index in [0.29, 0.717) is 12.4 Å².